The average Bonchev–Trinajstić information content (AvgIpc) is 3.14. The Hall–Kier alpha value is -1.51. The minimum absolute atomic E-state index is 0.135. The van der Waals surface area contributed by atoms with Gasteiger partial charge in [-0.1, -0.05) is 19.4 Å². The maximum atomic E-state index is 11.6. The second-order valence-corrected chi connectivity index (χ2v) is 4.49. The van der Waals surface area contributed by atoms with Gasteiger partial charge in [-0.25, -0.2) is 0 Å². The topological polar surface area (TPSA) is 38.3 Å². The minimum atomic E-state index is 0.135. The van der Waals surface area contributed by atoms with Crippen molar-refractivity contribution in [2.24, 2.45) is 5.92 Å². The summed E-state index contributed by atoms with van der Waals surface area (Å²) in [6.45, 7) is 2.87. The van der Waals surface area contributed by atoms with Crippen LogP contribution >= 0.6 is 0 Å². The van der Waals surface area contributed by atoms with Crippen LogP contribution in [0.15, 0.2) is 24.3 Å². The molecule has 0 saturated heterocycles. The van der Waals surface area contributed by atoms with Gasteiger partial charge in [-0.2, -0.15) is 0 Å². The molecule has 92 valence electrons. The lowest BCUT2D eigenvalue weighted by Gasteiger charge is -2.08. The summed E-state index contributed by atoms with van der Waals surface area (Å²) in [6, 6.07) is 7.61. The van der Waals surface area contributed by atoms with Crippen molar-refractivity contribution in [2.45, 2.75) is 32.6 Å². The van der Waals surface area contributed by atoms with Gasteiger partial charge in [0.25, 0.3) is 0 Å². The quantitative estimate of drug-likeness (QED) is 0.766. The first-order valence-corrected chi connectivity index (χ1v) is 6.33. The third-order valence-electron chi connectivity index (χ3n) is 2.82. The fraction of sp³-hybridized carbons (Fsp3) is 0.500. The van der Waals surface area contributed by atoms with E-state index >= 15 is 0 Å². The Bertz CT molecular complexity index is 386. The van der Waals surface area contributed by atoms with E-state index < -0.39 is 0 Å². The highest BCUT2D eigenvalue weighted by molar-refractivity contribution is 5.94. The molecule has 0 bridgehead atoms. The number of carbonyl (C=O) groups excluding carboxylic acids is 1. The molecule has 0 unspecified atom stereocenters. The summed E-state index contributed by atoms with van der Waals surface area (Å²) in [5.74, 6) is 1.20. The Kier molecular flexibility index (Phi) is 4.02. The smallest absolute Gasteiger partial charge is 0.227 e. The fourth-order valence-corrected chi connectivity index (χ4v) is 1.59. The zero-order valence-electron chi connectivity index (χ0n) is 10.2. The molecule has 2 rings (SSSR count). The van der Waals surface area contributed by atoms with Crippen molar-refractivity contribution < 1.29 is 9.53 Å². The van der Waals surface area contributed by atoms with Gasteiger partial charge in [-0.05, 0) is 31.4 Å². The van der Waals surface area contributed by atoms with Crippen molar-refractivity contribution in [3.63, 3.8) is 0 Å². The molecule has 1 saturated carbocycles. The van der Waals surface area contributed by atoms with Gasteiger partial charge in [-0.15, -0.1) is 0 Å². The highest BCUT2D eigenvalue weighted by Gasteiger charge is 2.29. The van der Waals surface area contributed by atoms with Crippen LogP contribution in [-0.2, 0) is 4.79 Å². The average molecular weight is 233 g/mol. The Morgan fingerprint density at radius 1 is 1.47 bits per heavy atom. The lowest BCUT2D eigenvalue weighted by Crippen LogP contribution is -2.13. The van der Waals surface area contributed by atoms with E-state index in [4.69, 9.17) is 4.74 Å². The van der Waals surface area contributed by atoms with Gasteiger partial charge in [0, 0.05) is 17.7 Å². The number of rotatable bonds is 6. The standard InChI is InChI=1S/C14H19NO2/c1-2-3-9-17-13-6-4-5-12(10-13)15-14(16)11-7-8-11/h4-6,10-11H,2-3,7-9H2,1H3,(H,15,16). The van der Waals surface area contributed by atoms with Crippen LogP contribution < -0.4 is 10.1 Å². The second-order valence-electron chi connectivity index (χ2n) is 4.49. The number of carbonyl (C=O) groups is 1. The summed E-state index contributed by atoms with van der Waals surface area (Å²) in [5.41, 5.74) is 0.830. The van der Waals surface area contributed by atoms with Crippen molar-refractivity contribution in [1.29, 1.82) is 0 Å². The van der Waals surface area contributed by atoms with Crippen LogP contribution in [0.1, 0.15) is 32.6 Å². The zero-order valence-corrected chi connectivity index (χ0v) is 10.2. The summed E-state index contributed by atoms with van der Waals surface area (Å²) in [4.78, 5) is 11.6. The monoisotopic (exact) mass is 233 g/mol. The summed E-state index contributed by atoms with van der Waals surface area (Å²) < 4.78 is 5.59. The largest absolute Gasteiger partial charge is 0.494 e. The molecule has 0 heterocycles. The molecule has 3 heteroatoms. The molecule has 1 N–H and O–H groups in total. The Morgan fingerprint density at radius 3 is 3.00 bits per heavy atom. The SMILES string of the molecule is CCCCOc1cccc(NC(=O)C2CC2)c1. The van der Waals surface area contributed by atoms with Crippen LogP contribution in [0.25, 0.3) is 0 Å². The minimum Gasteiger partial charge on any atom is -0.494 e. The Morgan fingerprint density at radius 2 is 2.29 bits per heavy atom. The molecule has 0 spiro atoms. The third kappa shape index (κ3) is 3.77. The lowest BCUT2D eigenvalue weighted by molar-refractivity contribution is -0.117. The van der Waals surface area contributed by atoms with E-state index in [2.05, 4.69) is 12.2 Å². The summed E-state index contributed by atoms with van der Waals surface area (Å²) in [6.07, 6.45) is 4.23. The fourth-order valence-electron chi connectivity index (χ4n) is 1.59. The Labute approximate surface area is 102 Å². The van der Waals surface area contributed by atoms with Crippen molar-refractivity contribution in [3.8, 4) is 5.75 Å². The molecule has 1 amide bonds. The number of unbranched alkanes of at least 4 members (excludes halogenated alkanes) is 1. The molecule has 1 aromatic rings. The molecule has 17 heavy (non-hydrogen) atoms. The predicted molar refractivity (Wildman–Crippen MR) is 68.2 cm³/mol. The highest BCUT2D eigenvalue weighted by atomic mass is 16.5. The van der Waals surface area contributed by atoms with Crippen molar-refractivity contribution in [3.05, 3.63) is 24.3 Å². The maximum Gasteiger partial charge on any atom is 0.227 e. The number of benzene rings is 1. The lowest BCUT2D eigenvalue weighted by atomic mass is 10.3. The maximum absolute atomic E-state index is 11.6. The Balaban J connectivity index is 1.88. The summed E-state index contributed by atoms with van der Waals surface area (Å²) in [7, 11) is 0. The van der Waals surface area contributed by atoms with Crippen LogP contribution in [-0.4, -0.2) is 12.5 Å². The molecule has 1 aliphatic carbocycles. The van der Waals surface area contributed by atoms with Crippen LogP contribution in [0.3, 0.4) is 0 Å². The molecule has 1 aromatic carbocycles. The number of ether oxygens (including phenoxy) is 1. The number of hydrogen-bond donors (Lipinski definition) is 1. The van der Waals surface area contributed by atoms with Gasteiger partial charge in [0.15, 0.2) is 0 Å². The normalized spacial score (nSPS) is 14.4. The van der Waals surface area contributed by atoms with Crippen molar-refractivity contribution in [2.75, 3.05) is 11.9 Å². The zero-order chi connectivity index (χ0) is 12.1. The predicted octanol–water partition coefficient (Wildman–Crippen LogP) is 3.21. The van der Waals surface area contributed by atoms with E-state index in [1.807, 2.05) is 24.3 Å². The first-order chi connectivity index (χ1) is 8.29. The number of hydrogen-bond acceptors (Lipinski definition) is 2. The number of nitrogens with one attached hydrogen (secondary N) is 1. The van der Waals surface area contributed by atoms with Crippen LogP contribution in [0.4, 0.5) is 5.69 Å². The molecule has 1 fully saturated rings. The first-order valence-electron chi connectivity index (χ1n) is 6.33. The van der Waals surface area contributed by atoms with Gasteiger partial charge < -0.3 is 10.1 Å². The first kappa shape index (κ1) is 12.0. The van der Waals surface area contributed by atoms with Gasteiger partial charge >= 0.3 is 0 Å². The van der Waals surface area contributed by atoms with E-state index in [9.17, 15) is 4.79 Å². The van der Waals surface area contributed by atoms with E-state index in [0.29, 0.717) is 0 Å². The van der Waals surface area contributed by atoms with Crippen LogP contribution in [0.2, 0.25) is 0 Å². The molecular weight excluding hydrogens is 214 g/mol. The van der Waals surface area contributed by atoms with Gasteiger partial charge in [-0.3, -0.25) is 4.79 Å². The van der Waals surface area contributed by atoms with E-state index in [1.165, 1.54) is 0 Å². The van der Waals surface area contributed by atoms with Crippen LogP contribution in [0.5, 0.6) is 5.75 Å². The van der Waals surface area contributed by atoms with Gasteiger partial charge in [0.05, 0.1) is 6.61 Å². The van der Waals surface area contributed by atoms with Crippen LogP contribution in [0, 0.1) is 5.92 Å². The highest BCUT2D eigenvalue weighted by Crippen LogP contribution is 2.30. The molecule has 0 aromatic heterocycles. The summed E-state index contributed by atoms with van der Waals surface area (Å²) >= 11 is 0. The van der Waals surface area contributed by atoms with E-state index in [-0.39, 0.29) is 11.8 Å². The second kappa shape index (κ2) is 5.71. The van der Waals surface area contributed by atoms with E-state index in [0.717, 1.165) is 43.7 Å². The molecule has 1 aliphatic rings. The summed E-state index contributed by atoms with van der Waals surface area (Å²) in [5, 5.41) is 2.92. The molecule has 0 aliphatic heterocycles. The number of amides is 1. The molecule has 0 radical (unpaired) electrons. The van der Waals surface area contributed by atoms with E-state index in [1.54, 1.807) is 0 Å². The van der Waals surface area contributed by atoms with Crippen molar-refractivity contribution in [1.82, 2.24) is 0 Å². The molecule has 0 atom stereocenters. The third-order valence-corrected chi connectivity index (χ3v) is 2.82. The van der Waals surface area contributed by atoms with Gasteiger partial charge in [0.2, 0.25) is 5.91 Å². The number of anilines is 1. The van der Waals surface area contributed by atoms with Gasteiger partial charge in [0.1, 0.15) is 5.75 Å². The molecule has 3 nitrogen and oxygen atoms in total. The molecular formula is C14H19NO2. The van der Waals surface area contributed by atoms with Crippen molar-refractivity contribution >= 4 is 11.6 Å².